The monoisotopic (exact) mass is 514 g/mol. The summed E-state index contributed by atoms with van der Waals surface area (Å²) in [6.07, 6.45) is 1.35. The Kier molecular flexibility index (Phi) is 9.33. The Morgan fingerprint density at radius 3 is 2.63 bits per heavy atom. The van der Waals surface area contributed by atoms with Crippen molar-refractivity contribution in [1.82, 2.24) is 14.8 Å². The molecular formula is C25H27ClN4O4S. The first-order valence-electron chi connectivity index (χ1n) is 11.0. The van der Waals surface area contributed by atoms with Gasteiger partial charge >= 0.3 is 5.97 Å². The summed E-state index contributed by atoms with van der Waals surface area (Å²) >= 11 is 7.30. The second kappa shape index (κ2) is 12.4. The Balaban J connectivity index is 1.63. The van der Waals surface area contributed by atoms with E-state index in [9.17, 15) is 9.59 Å². The normalized spacial score (nSPS) is 11.5. The molecule has 0 fully saturated rings. The summed E-state index contributed by atoms with van der Waals surface area (Å²) in [4.78, 5) is 24.2. The third-order valence-electron chi connectivity index (χ3n) is 4.87. The summed E-state index contributed by atoms with van der Waals surface area (Å²) in [6.45, 7) is 10.1. The number of aryl methyl sites for hydroxylation is 1. The van der Waals surface area contributed by atoms with E-state index in [1.54, 1.807) is 43.3 Å². The zero-order valence-corrected chi connectivity index (χ0v) is 21.4. The van der Waals surface area contributed by atoms with Crippen molar-refractivity contribution in [2.75, 3.05) is 17.7 Å². The average Bonchev–Trinajstić information content (AvgIpc) is 3.23. The Morgan fingerprint density at radius 1 is 1.23 bits per heavy atom. The minimum absolute atomic E-state index is 0.125. The summed E-state index contributed by atoms with van der Waals surface area (Å²) in [5.74, 6) is 0.840. The van der Waals surface area contributed by atoms with Crippen molar-refractivity contribution in [2.45, 2.75) is 38.6 Å². The number of rotatable bonds is 11. The highest BCUT2D eigenvalue weighted by Gasteiger charge is 2.20. The second-order valence-corrected chi connectivity index (χ2v) is 8.92. The number of anilines is 1. The van der Waals surface area contributed by atoms with Gasteiger partial charge in [-0.15, -0.1) is 16.8 Å². The fourth-order valence-corrected chi connectivity index (χ4v) is 4.21. The minimum Gasteiger partial charge on any atom is -0.482 e. The van der Waals surface area contributed by atoms with Crippen LogP contribution in [0.2, 0.25) is 5.02 Å². The molecule has 0 bridgehead atoms. The Bertz CT molecular complexity index is 1200. The molecule has 184 valence electrons. The van der Waals surface area contributed by atoms with E-state index in [1.165, 1.54) is 11.8 Å². The van der Waals surface area contributed by atoms with Crippen LogP contribution in [-0.2, 0) is 16.1 Å². The van der Waals surface area contributed by atoms with E-state index in [0.717, 1.165) is 5.56 Å². The molecule has 0 spiro atoms. The topological polar surface area (TPSA) is 95.3 Å². The lowest BCUT2D eigenvalue weighted by molar-refractivity contribution is -0.113. The number of ether oxygens (including phenoxy) is 2. The number of hydrogen-bond donors (Lipinski definition) is 1. The molecule has 3 aromatic rings. The molecule has 0 saturated carbocycles. The van der Waals surface area contributed by atoms with Gasteiger partial charge in [-0.25, -0.2) is 4.79 Å². The summed E-state index contributed by atoms with van der Waals surface area (Å²) in [5.41, 5.74) is 1.92. The highest BCUT2D eigenvalue weighted by atomic mass is 35.5. The molecule has 1 unspecified atom stereocenters. The van der Waals surface area contributed by atoms with Gasteiger partial charge in [0, 0.05) is 17.3 Å². The molecule has 10 heteroatoms. The van der Waals surface area contributed by atoms with E-state index >= 15 is 0 Å². The molecule has 35 heavy (non-hydrogen) atoms. The number of nitrogens with one attached hydrogen (secondary N) is 1. The highest BCUT2D eigenvalue weighted by Crippen LogP contribution is 2.28. The van der Waals surface area contributed by atoms with E-state index in [-0.39, 0.29) is 17.8 Å². The Morgan fingerprint density at radius 2 is 1.97 bits per heavy atom. The number of carbonyl (C=O) groups excluding carboxylic acids is 2. The molecule has 0 aliphatic carbocycles. The molecule has 0 saturated heterocycles. The van der Waals surface area contributed by atoms with Crippen LogP contribution in [0.3, 0.4) is 0 Å². The highest BCUT2D eigenvalue weighted by molar-refractivity contribution is 7.99. The van der Waals surface area contributed by atoms with Crippen molar-refractivity contribution in [3.63, 3.8) is 0 Å². The molecule has 2 aromatic carbocycles. The van der Waals surface area contributed by atoms with Gasteiger partial charge in [0.15, 0.2) is 17.1 Å². The number of allylic oxidation sites excluding steroid dienone is 1. The molecule has 1 heterocycles. The van der Waals surface area contributed by atoms with Crippen molar-refractivity contribution in [2.24, 2.45) is 0 Å². The fraction of sp³-hybridized carbons (Fsp3) is 0.280. The first-order valence-corrected chi connectivity index (χ1v) is 12.3. The molecule has 1 aromatic heterocycles. The summed E-state index contributed by atoms with van der Waals surface area (Å²) in [7, 11) is 0. The third kappa shape index (κ3) is 7.10. The fourth-order valence-electron chi connectivity index (χ4n) is 3.23. The first-order chi connectivity index (χ1) is 16.8. The van der Waals surface area contributed by atoms with Crippen LogP contribution in [0, 0.1) is 6.92 Å². The number of aromatic nitrogens is 3. The molecule has 3 rings (SSSR count). The van der Waals surface area contributed by atoms with Crippen LogP contribution in [0.1, 0.15) is 41.7 Å². The van der Waals surface area contributed by atoms with E-state index in [0.29, 0.717) is 46.2 Å². The predicted octanol–water partition coefficient (Wildman–Crippen LogP) is 5.47. The summed E-state index contributed by atoms with van der Waals surface area (Å²) < 4.78 is 12.9. The van der Waals surface area contributed by atoms with Gasteiger partial charge in [0.05, 0.1) is 17.9 Å². The van der Waals surface area contributed by atoms with Gasteiger partial charge in [-0.1, -0.05) is 29.4 Å². The molecule has 8 nitrogen and oxygen atoms in total. The van der Waals surface area contributed by atoms with E-state index in [2.05, 4.69) is 22.1 Å². The Labute approximate surface area is 213 Å². The van der Waals surface area contributed by atoms with Crippen molar-refractivity contribution >= 4 is 40.9 Å². The maximum atomic E-state index is 12.5. The average molecular weight is 515 g/mol. The molecule has 0 aliphatic rings. The number of hydrogen-bond acceptors (Lipinski definition) is 7. The maximum absolute atomic E-state index is 12.5. The Hall–Kier alpha value is -3.30. The maximum Gasteiger partial charge on any atom is 0.338 e. The molecule has 1 N–H and O–H groups in total. The molecule has 0 aliphatic heterocycles. The van der Waals surface area contributed by atoms with Gasteiger partial charge in [0.1, 0.15) is 5.75 Å². The lowest BCUT2D eigenvalue weighted by atomic mass is 10.2. The van der Waals surface area contributed by atoms with Gasteiger partial charge in [-0.2, -0.15) is 0 Å². The quantitative estimate of drug-likeness (QED) is 0.206. The lowest BCUT2D eigenvalue weighted by Gasteiger charge is -2.17. The zero-order valence-electron chi connectivity index (χ0n) is 19.8. The van der Waals surface area contributed by atoms with Gasteiger partial charge < -0.3 is 14.8 Å². The van der Waals surface area contributed by atoms with E-state index < -0.39 is 5.97 Å². The number of halogens is 1. The van der Waals surface area contributed by atoms with Gasteiger partial charge in [0.25, 0.3) is 0 Å². The van der Waals surface area contributed by atoms with Crippen LogP contribution in [-0.4, -0.2) is 39.0 Å². The van der Waals surface area contributed by atoms with Gasteiger partial charge in [0.2, 0.25) is 5.91 Å². The number of benzene rings is 2. The SMILES string of the molecule is C=CCn1c(SCC(=O)Nc2ccc(C(=O)OCC)cc2)nnc1C(C)Oc1ccc(Cl)cc1C. The van der Waals surface area contributed by atoms with E-state index in [4.69, 9.17) is 21.1 Å². The third-order valence-corrected chi connectivity index (χ3v) is 6.08. The summed E-state index contributed by atoms with van der Waals surface area (Å²) in [5, 5.41) is 12.6. The van der Waals surface area contributed by atoms with Crippen molar-refractivity contribution in [3.05, 3.63) is 77.1 Å². The van der Waals surface area contributed by atoms with Crippen molar-refractivity contribution in [1.29, 1.82) is 0 Å². The molecule has 1 amide bonds. The smallest absolute Gasteiger partial charge is 0.338 e. The van der Waals surface area contributed by atoms with Gasteiger partial charge in [-0.05, 0) is 68.8 Å². The first kappa shape index (κ1) is 26.3. The second-order valence-electron chi connectivity index (χ2n) is 7.54. The van der Waals surface area contributed by atoms with Crippen LogP contribution < -0.4 is 10.1 Å². The van der Waals surface area contributed by atoms with Crippen LogP contribution in [0.15, 0.2) is 60.3 Å². The number of nitrogens with zero attached hydrogens (tertiary/aromatic N) is 3. The van der Waals surface area contributed by atoms with Crippen molar-refractivity contribution < 1.29 is 19.1 Å². The predicted molar refractivity (Wildman–Crippen MR) is 137 cm³/mol. The number of amides is 1. The van der Waals surface area contributed by atoms with E-state index in [1.807, 2.05) is 30.5 Å². The molecule has 1 atom stereocenters. The lowest BCUT2D eigenvalue weighted by Crippen LogP contribution is -2.16. The van der Waals surface area contributed by atoms with Crippen LogP contribution in [0.4, 0.5) is 5.69 Å². The molecular weight excluding hydrogens is 488 g/mol. The van der Waals surface area contributed by atoms with Gasteiger partial charge in [-0.3, -0.25) is 9.36 Å². The number of esters is 1. The van der Waals surface area contributed by atoms with Crippen LogP contribution in [0.5, 0.6) is 5.75 Å². The zero-order chi connectivity index (χ0) is 25.4. The number of carbonyl (C=O) groups is 2. The largest absolute Gasteiger partial charge is 0.482 e. The standard InChI is InChI=1S/C25H27ClN4O4S/c1-5-13-30-23(17(4)34-21-12-9-19(26)14-16(21)3)28-29-25(30)35-15-22(31)27-20-10-7-18(8-11-20)24(32)33-6-2/h5,7-12,14,17H,1,6,13,15H2,2-4H3,(H,27,31). The van der Waals surface area contributed by atoms with Crippen LogP contribution in [0.25, 0.3) is 0 Å². The molecule has 0 radical (unpaired) electrons. The minimum atomic E-state index is -0.400. The summed E-state index contributed by atoms with van der Waals surface area (Å²) in [6, 6.07) is 12.0. The number of thioether (sulfide) groups is 1. The van der Waals surface area contributed by atoms with Crippen LogP contribution >= 0.6 is 23.4 Å². The van der Waals surface area contributed by atoms with Crippen molar-refractivity contribution in [3.8, 4) is 5.75 Å².